The summed E-state index contributed by atoms with van der Waals surface area (Å²) in [6, 6.07) is 0. The van der Waals surface area contributed by atoms with Crippen molar-refractivity contribution in [3.63, 3.8) is 0 Å². The third-order valence-electron chi connectivity index (χ3n) is 3.26. The van der Waals surface area contributed by atoms with Crippen LogP contribution >= 0.6 is 12.3 Å². The van der Waals surface area contributed by atoms with Crippen LogP contribution in [0.4, 0.5) is 3.89 Å². The maximum atomic E-state index is 12.6. The van der Waals surface area contributed by atoms with Crippen LogP contribution in [0.1, 0.15) is 25.0 Å². The molecule has 0 atom stereocenters. The number of halogens is 1. The van der Waals surface area contributed by atoms with Gasteiger partial charge in [0, 0.05) is 12.8 Å². The molecule has 0 bridgehead atoms. The fourth-order valence-electron chi connectivity index (χ4n) is 2.36. The van der Waals surface area contributed by atoms with E-state index in [1.807, 2.05) is 0 Å². The molecule has 1 saturated heterocycles. The van der Waals surface area contributed by atoms with Crippen molar-refractivity contribution in [2.24, 2.45) is 0 Å². The zero-order valence-corrected chi connectivity index (χ0v) is 10.1. The van der Waals surface area contributed by atoms with E-state index in [4.69, 9.17) is 9.47 Å². The van der Waals surface area contributed by atoms with Gasteiger partial charge in [-0.15, -0.1) is 3.89 Å². The predicted octanol–water partition coefficient (Wildman–Crippen LogP) is 2.57. The lowest BCUT2D eigenvalue weighted by molar-refractivity contribution is -0.159. The fraction of sp³-hybridized carbons (Fsp3) is 0.545. The van der Waals surface area contributed by atoms with E-state index in [9.17, 15) is 3.89 Å². The van der Waals surface area contributed by atoms with Crippen LogP contribution in [0, 0.1) is 0 Å². The van der Waals surface area contributed by atoms with Gasteiger partial charge in [-0.25, -0.2) is 8.96 Å². The SMILES string of the molecule is FSn1cncc1C1=CCC2(CC1)OCCO2. The van der Waals surface area contributed by atoms with E-state index in [0.29, 0.717) is 13.2 Å². The van der Waals surface area contributed by atoms with Gasteiger partial charge < -0.3 is 9.47 Å². The molecule has 2 heterocycles. The summed E-state index contributed by atoms with van der Waals surface area (Å²) in [5, 5.41) is 0. The first kappa shape index (κ1) is 11.3. The van der Waals surface area contributed by atoms with E-state index in [-0.39, 0.29) is 12.3 Å². The van der Waals surface area contributed by atoms with Gasteiger partial charge in [0.05, 0.1) is 25.1 Å². The molecule has 1 aromatic heterocycles. The van der Waals surface area contributed by atoms with Gasteiger partial charge in [0.25, 0.3) is 0 Å². The highest BCUT2D eigenvalue weighted by Crippen LogP contribution is 2.38. The highest BCUT2D eigenvalue weighted by atomic mass is 32.2. The largest absolute Gasteiger partial charge is 0.347 e. The third kappa shape index (κ3) is 2.00. The Balaban J connectivity index is 1.80. The molecular weight excluding hydrogens is 243 g/mol. The maximum absolute atomic E-state index is 12.6. The van der Waals surface area contributed by atoms with Crippen LogP contribution in [0.15, 0.2) is 18.6 Å². The molecule has 0 aromatic carbocycles. The number of aromatic nitrogens is 2. The Bertz CT molecular complexity index is 440. The van der Waals surface area contributed by atoms with Crippen molar-refractivity contribution >= 4 is 17.9 Å². The van der Waals surface area contributed by atoms with Gasteiger partial charge in [0.2, 0.25) is 0 Å². The number of rotatable bonds is 2. The molecule has 0 saturated carbocycles. The molecule has 1 aliphatic heterocycles. The lowest BCUT2D eigenvalue weighted by Gasteiger charge is -2.30. The zero-order chi connectivity index (χ0) is 11.7. The summed E-state index contributed by atoms with van der Waals surface area (Å²) in [7, 11) is 0. The van der Waals surface area contributed by atoms with Crippen LogP contribution in [0.3, 0.4) is 0 Å². The molecule has 0 amide bonds. The Morgan fingerprint density at radius 2 is 2.24 bits per heavy atom. The summed E-state index contributed by atoms with van der Waals surface area (Å²) in [6.45, 7) is 1.34. The van der Waals surface area contributed by atoms with Crippen molar-refractivity contribution < 1.29 is 13.4 Å². The molecule has 6 heteroatoms. The summed E-state index contributed by atoms with van der Waals surface area (Å²) in [6.07, 6.45) is 7.61. The van der Waals surface area contributed by atoms with Gasteiger partial charge in [0.15, 0.2) is 18.1 Å². The zero-order valence-electron chi connectivity index (χ0n) is 9.26. The molecule has 0 radical (unpaired) electrons. The molecule has 0 N–H and O–H groups in total. The minimum absolute atomic E-state index is 0.170. The lowest BCUT2D eigenvalue weighted by atomic mass is 9.92. The molecule has 1 aromatic rings. The number of hydrogen-bond acceptors (Lipinski definition) is 4. The molecule has 3 rings (SSSR count). The first-order valence-electron chi connectivity index (χ1n) is 5.62. The van der Waals surface area contributed by atoms with E-state index in [1.165, 1.54) is 10.3 Å². The second kappa shape index (κ2) is 4.44. The van der Waals surface area contributed by atoms with Crippen LogP contribution in [0.2, 0.25) is 0 Å². The Labute approximate surface area is 103 Å². The molecular formula is C11H13FN2O2S. The summed E-state index contributed by atoms with van der Waals surface area (Å²) in [5.74, 6) is -0.419. The van der Waals surface area contributed by atoms with Crippen molar-refractivity contribution in [2.75, 3.05) is 13.2 Å². The summed E-state index contributed by atoms with van der Waals surface area (Å²) in [5.41, 5.74) is 1.93. The predicted molar refractivity (Wildman–Crippen MR) is 62.8 cm³/mol. The van der Waals surface area contributed by atoms with E-state index in [2.05, 4.69) is 11.1 Å². The Morgan fingerprint density at radius 3 is 2.88 bits per heavy atom. The Morgan fingerprint density at radius 1 is 1.41 bits per heavy atom. The van der Waals surface area contributed by atoms with E-state index in [1.54, 1.807) is 6.20 Å². The quantitative estimate of drug-likeness (QED) is 0.815. The van der Waals surface area contributed by atoms with Gasteiger partial charge in [0.1, 0.15) is 6.33 Å². The smallest absolute Gasteiger partial charge is 0.172 e. The van der Waals surface area contributed by atoms with Crippen molar-refractivity contribution in [1.29, 1.82) is 0 Å². The average molecular weight is 256 g/mol. The van der Waals surface area contributed by atoms with Crippen molar-refractivity contribution in [1.82, 2.24) is 8.96 Å². The number of nitrogens with zero attached hydrogens (tertiary/aromatic N) is 2. The van der Waals surface area contributed by atoms with Crippen molar-refractivity contribution in [3.05, 3.63) is 24.3 Å². The number of allylic oxidation sites excluding steroid dienone is 1. The monoisotopic (exact) mass is 256 g/mol. The van der Waals surface area contributed by atoms with E-state index >= 15 is 0 Å². The van der Waals surface area contributed by atoms with Crippen LogP contribution < -0.4 is 0 Å². The van der Waals surface area contributed by atoms with Crippen LogP contribution in [0.25, 0.3) is 5.57 Å². The van der Waals surface area contributed by atoms with Crippen LogP contribution in [-0.2, 0) is 9.47 Å². The van der Waals surface area contributed by atoms with Gasteiger partial charge in [-0.3, -0.25) is 0 Å². The minimum Gasteiger partial charge on any atom is -0.347 e. The lowest BCUT2D eigenvalue weighted by Crippen LogP contribution is -2.31. The highest BCUT2D eigenvalue weighted by molar-refractivity contribution is 7.92. The number of hydrogen-bond donors (Lipinski definition) is 0. The van der Waals surface area contributed by atoms with E-state index < -0.39 is 5.79 Å². The van der Waals surface area contributed by atoms with Crippen molar-refractivity contribution in [2.45, 2.75) is 25.0 Å². The molecule has 0 unspecified atom stereocenters. The molecule has 1 spiro atoms. The van der Waals surface area contributed by atoms with E-state index in [0.717, 1.165) is 30.5 Å². The second-order valence-corrected chi connectivity index (χ2v) is 4.75. The number of ether oxygens (including phenoxy) is 2. The Hall–Kier alpha value is -0.850. The molecule has 17 heavy (non-hydrogen) atoms. The molecule has 1 fully saturated rings. The molecule has 92 valence electrons. The average Bonchev–Trinajstić information content (AvgIpc) is 3.00. The normalized spacial score (nSPS) is 23.0. The Kier molecular flexibility index (Phi) is 2.94. The number of imidazole rings is 1. The fourth-order valence-corrected chi connectivity index (χ4v) is 2.69. The van der Waals surface area contributed by atoms with Crippen molar-refractivity contribution in [3.8, 4) is 0 Å². The first-order chi connectivity index (χ1) is 8.33. The topological polar surface area (TPSA) is 36.3 Å². The standard InChI is InChI=1S/C11H13FN2O2S/c12-17-14-8-13-7-10(14)9-1-3-11(4-2-9)15-5-6-16-11/h1,7-8H,2-6H2. The van der Waals surface area contributed by atoms with Crippen LogP contribution in [-0.4, -0.2) is 28.0 Å². The van der Waals surface area contributed by atoms with Crippen LogP contribution in [0.5, 0.6) is 0 Å². The second-order valence-electron chi connectivity index (χ2n) is 4.21. The maximum Gasteiger partial charge on any atom is 0.172 e. The highest BCUT2D eigenvalue weighted by Gasteiger charge is 2.38. The van der Waals surface area contributed by atoms with Gasteiger partial charge in [-0.05, 0) is 12.0 Å². The summed E-state index contributed by atoms with van der Waals surface area (Å²) < 4.78 is 25.3. The minimum atomic E-state index is -0.419. The van der Waals surface area contributed by atoms with Gasteiger partial charge in [-0.2, -0.15) is 0 Å². The molecule has 4 nitrogen and oxygen atoms in total. The first-order valence-corrected chi connectivity index (χ1v) is 6.29. The molecule has 1 aliphatic carbocycles. The van der Waals surface area contributed by atoms with Gasteiger partial charge in [-0.1, -0.05) is 6.08 Å². The molecule has 2 aliphatic rings. The summed E-state index contributed by atoms with van der Waals surface area (Å²) >= 11 is 0.170. The van der Waals surface area contributed by atoms with Gasteiger partial charge >= 0.3 is 0 Å². The third-order valence-corrected chi connectivity index (χ3v) is 3.70. The summed E-state index contributed by atoms with van der Waals surface area (Å²) in [4.78, 5) is 3.96.